The number of pyridine rings is 1. The van der Waals surface area contributed by atoms with Crippen molar-refractivity contribution in [3.05, 3.63) is 59.0 Å². The van der Waals surface area contributed by atoms with Gasteiger partial charge in [0.2, 0.25) is 0 Å². The van der Waals surface area contributed by atoms with Gasteiger partial charge in [0.15, 0.2) is 11.4 Å². The van der Waals surface area contributed by atoms with Crippen molar-refractivity contribution in [3.63, 3.8) is 0 Å². The highest BCUT2D eigenvalue weighted by Crippen LogP contribution is 2.28. The molecule has 1 atom stereocenters. The summed E-state index contributed by atoms with van der Waals surface area (Å²) in [4.78, 5) is 17.2. The van der Waals surface area contributed by atoms with E-state index in [1.807, 2.05) is 13.8 Å². The van der Waals surface area contributed by atoms with Crippen molar-refractivity contribution in [3.8, 4) is 11.5 Å². The molecule has 0 aliphatic heterocycles. The molecule has 9 heteroatoms. The van der Waals surface area contributed by atoms with Gasteiger partial charge in [-0.05, 0) is 32.4 Å². The molecule has 0 saturated heterocycles. The molecule has 4 N–H and O–H groups in total. The predicted molar refractivity (Wildman–Crippen MR) is 112 cm³/mol. The third-order valence-corrected chi connectivity index (χ3v) is 4.97. The number of nitrogens with zero attached hydrogens (tertiary/aromatic N) is 2. The van der Waals surface area contributed by atoms with Gasteiger partial charge in [-0.1, -0.05) is 19.4 Å². The molecule has 166 valence electrons. The topological polar surface area (TPSA) is 102 Å². The van der Waals surface area contributed by atoms with Crippen LogP contribution in [0, 0.1) is 18.6 Å². The number of halogens is 2. The van der Waals surface area contributed by atoms with Crippen LogP contribution in [0.1, 0.15) is 48.4 Å². The summed E-state index contributed by atoms with van der Waals surface area (Å²) in [6.07, 6.45) is 2.95. The second-order valence-corrected chi connectivity index (χ2v) is 7.88. The summed E-state index contributed by atoms with van der Waals surface area (Å²) in [5.74, 6) is -2.01. The Balaban J connectivity index is 1.90. The molecule has 0 bridgehead atoms. The normalized spacial score (nSPS) is 13.2. The molecule has 1 aromatic carbocycles. The van der Waals surface area contributed by atoms with Gasteiger partial charge in [0, 0.05) is 18.2 Å². The molecule has 3 aromatic rings. The Bertz CT molecular complexity index is 1090. The van der Waals surface area contributed by atoms with Crippen molar-refractivity contribution in [1.82, 2.24) is 14.7 Å². The van der Waals surface area contributed by atoms with Crippen LogP contribution < -0.4 is 15.8 Å². The number of aromatic nitrogens is 2. The maximum Gasteiger partial charge on any atom is 0.270 e. The Morgan fingerprint density at radius 2 is 2.03 bits per heavy atom. The van der Waals surface area contributed by atoms with Gasteiger partial charge in [0.05, 0.1) is 17.5 Å². The number of fused-ring (bicyclic) bond motifs is 1. The van der Waals surface area contributed by atoms with Crippen LogP contribution >= 0.6 is 0 Å². The lowest BCUT2D eigenvalue weighted by Crippen LogP contribution is -2.47. The monoisotopic (exact) mass is 432 g/mol. The van der Waals surface area contributed by atoms with Gasteiger partial charge in [-0.2, -0.15) is 0 Å². The Kier molecular flexibility index (Phi) is 6.45. The van der Waals surface area contributed by atoms with Crippen LogP contribution in [0.25, 0.3) is 5.65 Å². The fourth-order valence-electron chi connectivity index (χ4n) is 3.44. The van der Waals surface area contributed by atoms with Gasteiger partial charge < -0.3 is 20.9 Å². The Morgan fingerprint density at radius 3 is 2.68 bits per heavy atom. The first-order valence-corrected chi connectivity index (χ1v) is 9.97. The average molecular weight is 432 g/mol. The minimum atomic E-state index is -0.743. The maximum absolute atomic E-state index is 13.9. The molecule has 0 radical (unpaired) electrons. The van der Waals surface area contributed by atoms with Crippen molar-refractivity contribution in [1.29, 1.82) is 0 Å². The summed E-state index contributed by atoms with van der Waals surface area (Å²) in [5, 5.41) is 12.9. The van der Waals surface area contributed by atoms with E-state index in [-0.39, 0.29) is 34.9 Å². The van der Waals surface area contributed by atoms with Crippen LogP contribution in [0.5, 0.6) is 11.5 Å². The Hall–Kier alpha value is -3.20. The molecule has 0 spiro atoms. The standard InChI is InChI=1S/C22H26F2N4O3/c1-4-8-22(3,25)12-26-21(30)19-13(2)27-20-18(9-14(29)10-28(19)20)31-11-15-16(23)6-5-7-17(15)24/h5-7,9-10,29H,4,8,11-12,25H2,1-3H3,(H,26,30). The molecule has 31 heavy (non-hydrogen) atoms. The SMILES string of the molecule is CCCC(C)(N)CNC(=O)c1c(C)nc2c(OCc3c(F)cccc3F)cc(O)cn12. The first-order chi connectivity index (χ1) is 14.6. The van der Waals surface area contributed by atoms with Crippen LogP contribution in [0.2, 0.25) is 0 Å². The summed E-state index contributed by atoms with van der Waals surface area (Å²) >= 11 is 0. The quantitative estimate of drug-likeness (QED) is 0.506. The fraction of sp³-hybridized carbons (Fsp3) is 0.364. The first kappa shape index (κ1) is 22.5. The molecule has 3 rings (SSSR count). The minimum absolute atomic E-state index is 0.0828. The average Bonchev–Trinajstić information content (AvgIpc) is 3.01. The molecule has 1 amide bonds. The number of hydrogen-bond donors (Lipinski definition) is 3. The molecule has 0 fully saturated rings. The number of carbonyl (C=O) groups is 1. The molecule has 0 saturated carbocycles. The van der Waals surface area contributed by atoms with E-state index in [1.165, 1.54) is 22.7 Å². The molecule has 1 unspecified atom stereocenters. The van der Waals surface area contributed by atoms with E-state index in [0.29, 0.717) is 5.69 Å². The first-order valence-electron chi connectivity index (χ1n) is 9.97. The highest BCUT2D eigenvalue weighted by Gasteiger charge is 2.23. The van der Waals surface area contributed by atoms with Crippen molar-refractivity contribution in [2.45, 2.75) is 45.8 Å². The van der Waals surface area contributed by atoms with Gasteiger partial charge in [-0.15, -0.1) is 0 Å². The van der Waals surface area contributed by atoms with Crippen molar-refractivity contribution in [2.75, 3.05) is 6.54 Å². The van der Waals surface area contributed by atoms with E-state index in [4.69, 9.17) is 10.5 Å². The summed E-state index contributed by atoms with van der Waals surface area (Å²) in [6, 6.07) is 4.80. The van der Waals surface area contributed by atoms with Crippen LogP contribution in [-0.2, 0) is 6.61 Å². The van der Waals surface area contributed by atoms with Gasteiger partial charge in [-0.3, -0.25) is 9.20 Å². The van der Waals surface area contributed by atoms with Crippen molar-refractivity contribution in [2.24, 2.45) is 5.73 Å². The summed E-state index contributed by atoms with van der Waals surface area (Å²) in [5.41, 5.74) is 6.23. The summed E-state index contributed by atoms with van der Waals surface area (Å²) < 4.78 is 34.8. The van der Waals surface area contributed by atoms with E-state index < -0.39 is 29.7 Å². The second-order valence-electron chi connectivity index (χ2n) is 7.88. The number of aryl methyl sites for hydroxylation is 1. The predicted octanol–water partition coefficient (Wildman–Crippen LogP) is 3.45. The van der Waals surface area contributed by atoms with Gasteiger partial charge in [0.25, 0.3) is 5.91 Å². The zero-order valence-corrected chi connectivity index (χ0v) is 17.7. The number of aromatic hydroxyl groups is 1. The number of rotatable bonds is 8. The lowest BCUT2D eigenvalue weighted by molar-refractivity contribution is 0.0937. The molecule has 7 nitrogen and oxygen atoms in total. The van der Waals surface area contributed by atoms with Gasteiger partial charge in [-0.25, -0.2) is 13.8 Å². The van der Waals surface area contributed by atoms with E-state index in [2.05, 4.69) is 10.3 Å². The van der Waals surface area contributed by atoms with Crippen molar-refractivity contribution < 1.29 is 23.4 Å². The number of ether oxygens (including phenoxy) is 1. The number of amides is 1. The number of nitrogens with two attached hydrogens (primary N) is 1. The lowest BCUT2D eigenvalue weighted by atomic mass is 9.98. The van der Waals surface area contributed by atoms with Crippen LogP contribution in [0.3, 0.4) is 0 Å². The highest BCUT2D eigenvalue weighted by atomic mass is 19.1. The zero-order chi connectivity index (χ0) is 22.8. The third-order valence-electron chi connectivity index (χ3n) is 4.97. The molecular formula is C22H26F2N4O3. The van der Waals surface area contributed by atoms with Crippen LogP contribution in [-0.4, -0.2) is 32.5 Å². The number of imidazole rings is 1. The number of nitrogens with one attached hydrogen (secondary N) is 1. The molecule has 0 aliphatic carbocycles. The molecular weight excluding hydrogens is 406 g/mol. The van der Waals surface area contributed by atoms with Gasteiger partial charge in [0.1, 0.15) is 29.7 Å². The Labute approximate surface area is 178 Å². The smallest absolute Gasteiger partial charge is 0.270 e. The van der Waals surface area contributed by atoms with Crippen molar-refractivity contribution >= 4 is 11.6 Å². The van der Waals surface area contributed by atoms with E-state index in [9.17, 15) is 18.7 Å². The lowest BCUT2D eigenvalue weighted by Gasteiger charge is -2.24. The fourth-order valence-corrected chi connectivity index (χ4v) is 3.44. The molecule has 2 aromatic heterocycles. The van der Waals surface area contributed by atoms with Crippen LogP contribution in [0.4, 0.5) is 8.78 Å². The number of hydrogen-bond acceptors (Lipinski definition) is 5. The third kappa shape index (κ3) is 4.93. The second kappa shape index (κ2) is 8.89. The summed E-state index contributed by atoms with van der Waals surface area (Å²) in [7, 11) is 0. The highest BCUT2D eigenvalue weighted by molar-refractivity contribution is 5.95. The molecule has 0 aliphatic rings. The zero-order valence-electron chi connectivity index (χ0n) is 17.7. The van der Waals surface area contributed by atoms with Crippen LogP contribution in [0.15, 0.2) is 30.5 Å². The number of benzene rings is 1. The Morgan fingerprint density at radius 1 is 1.35 bits per heavy atom. The maximum atomic E-state index is 13.9. The van der Waals surface area contributed by atoms with E-state index in [0.717, 1.165) is 25.0 Å². The summed E-state index contributed by atoms with van der Waals surface area (Å²) in [6.45, 7) is 5.37. The minimum Gasteiger partial charge on any atom is -0.506 e. The molecule has 2 heterocycles. The largest absolute Gasteiger partial charge is 0.506 e. The van der Waals surface area contributed by atoms with E-state index >= 15 is 0 Å². The van der Waals surface area contributed by atoms with E-state index in [1.54, 1.807) is 6.92 Å². The number of carbonyl (C=O) groups excluding carboxylic acids is 1. The van der Waals surface area contributed by atoms with Gasteiger partial charge >= 0.3 is 0 Å².